The van der Waals surface area contributed by atoms with Gasteiger partial charge in [-0.25, -0.2) is 0 Å². The first kappa shape index (κ1) is 70.1. The molecule has 0 aliphatic carbocycles. The van der Waals surface area contributed by atoms with Gasteiger partial charge in [0.2, 0.25) is 0 Å². The van der Waals surface area contributed by atoms with E-state index in [0.717, 1.165) is 96.3 Å². The summed E-state index contributed by atoms with van der Waals surface area (Å²) in [6.45, 7) is 6.35. The molecule has 0 aromatic carbocycles. The summed E-state index contributed by atoms with van der Waals surface area (Å²) in [6.07, 6.45) is 84.1. The lowest BCUT2D eigenvalue weighted by Gasteiger charge is -2.18. The highest BCUT2D eigenvalue weighted by Gasteiger charge is 2.19. The van der Waals surface area contributed by atoms with E-state index in [-0.39, 0.29) is 31.6 Å². The number of ether oxygens (including phenoxy) is 3. The van der Waals surface area contributed by atoms with Crippen LogP contribution >= 0.6 is 0 Å². The van der Waals surface area contributed by atoms with E-state index in [9.17, 15) is 14.4 Å². The number of rotatable bonds is 55. The molecule has 422 valence electrons. The molecule has 0 aliphatic rings. The minimum atomic E-state index is -0.832. The lowest BCUT2D eigenvalue weighted by atomic mass is 10.0. The predicted octanol–water partition coefficient (Wildman–Crippen LogP) is 21.0. The predicted molar refractivity (Wildman–Crippen MR) is 320 cm³/mol. The van der Waals surface area contributed by atoms with Crippen LogP contribution in [0.1, 0.15) is 284 Å². The second-order valence-corrected chi connectivity index (χ2v) is 20.2. The molecule has 6 heteroatoms. The van der Waals surface area contributed by atoms with Crippen molar-refractivity contribution in [1.29, 1.82) is 0 Å². The van der Waals surface area contributed by atoms with Crippen LogP contribution in [0.3, 0.4) is 0 Å². The van der Waals surface area contributed by atoms with Crippen LogP contribution < -0.4 is 0 Å². The zero-order valence-electron chi connectivity index (χ0n) is 48.3. The molecular formula is C68H114O6. The molecule has 0 bridgehead atoms. The Hall–Kier alpha value is -3.93. The summed E-state index contributed by atoms with van der Waals surface area (Å²) in [5, 5.41) is 0. The minimum absolute atomic E-state index is 0.0968. The van der Waals surface area contributed by atoms with Gasteiger partial charge in [0.15, 0.2) is 6.10 Å². The molecule has 0 fully saturated rings. The largest absolute Gasteiger partial charge is 0.462 e. The molecule has 0 rings (SSSR count). The summed E-state index contributed by atoms with van der Waals surface area (Å²) in [5.41, 5.74) is 0. The first-order valence-electron chi connectivity index (χ1n) is 30.9. The molecule has 6 nitrogen and oxygen atoms in total. The first-order valence-corrected chi connectivity index (χ1v) is 30.9. The average molecular weight is 1030 g/mol. The van der Waals surface area contributed by atoms with Gasteiger partial charge in [-0.05, 0) is 83.5 Å². The van der Waals surface area contributed by atoms with E-state index in [4.69, 9.17) is 14.2 Å². The van der Waals surface area contributed by atoms with E-state index in [1.807, 2.05) is 6.08 Å². The van der Waals surface area contributed by atoms with E-state index in [0.29, 0.717) is 12.8 Å². The SMILES string of the molecule is CC/C=C\C/C=C\C/C=C\C/C=C\C/C=C\CC(=O)OC(COC(=O)CCCCCCCCCCCCCCCC)COC(=O)CCCCCCCCCCCCCCCC/C=C\C/C=C\C/C=C\C/C=C\CC. The summed E-state index contributed by atoms with van der Waals surface area (Å²) >= 11 is 0. The average Bonchev–Trinajstić information content (AvgIpc) is 3.40. The molecule has 0 aromatic rings. The Morgan fingerprint density at radius 2 is 0.568 bits per heavy atom. The topological polar surface area (TPSA) is 78.9 Å². The lowest BCUT2D eigenvalue weighted by molar-refractivity contribution is -0.166. The lowest BCUT2D eigenvalue weighted by Crippen LogP contribution is -2.30. The standard InChI is InChI=1S/C68H114O6/c1-4-7-10-13-16-19-22-25-28-29-30-31-32-33-34-35-36-37-38-39-41-43-46-49-52-55-58-61-67(70)73-64-65(63-72-66(69)60-57-54-51-48-45-42-27-24-21-18-15-12-9-6-3)74-68(71)62-59-56-53-50-47-44-40-26-23-20-17-14-11-8-5-2/h7-8,10-11,16-17,19-20,25-26,28,30-31,40,47,50,56,59,65H,4-6,9,12-15,18,21-24,27,29,32-39,41-46,48-49,51-55,57-58,60-64H2,1-3H3/b10-7-,11-8-,19-16-,20-17-,28-25-,31-30-,40-26-,50-47-,59-56-. The van der Waals surface area contributed by atoms with Crippen LogP contribution in [-0.2, 0) is 28.6 Å². The molecule has 1 unspecified atom stereocenters. The van der Waals surface area contributed by atoms with E-state index in [1.54, 1.807) is 6.08 Å². The number of unbranched alkanes of at least 4 members (excludes halogenated alkanes) is 27. The quantitative estimate of drug-likeness (QED) is 0.0261. The van der Waals surface area contributed by atoms with Gasteiger partial charge in [0, 0.05) is 12.8 Å². The van der Waals surface area contributed by atoms with Crippen molar-refractivity contribution in [2.75, 3.05) is 13.2 Å². The zero-order chi connectivity index (χ0) is 53.6. The van der Waals surface area contributed by atoms with Crippen LogP contribution in [0.2, 0.25) is 0 Å². The number of carbonyl (C=O) groups is 3. The fourth-order valence-electron chi connectivity index (χ4n) is 8.51. The van der Waals surface area contributed by atoms with Crippen molar-refractivity contribution >= 4 is 17.9 Å². The summed E-state index contributed by atoms with van der Waals surface area (Å²) in [7, 11) is 0. The summed E-state index contributed by atoms with van der Waals surface area (Å²) < 4.78 is 16.8. The number of hydrogen-bond acceptors (Lipinski definition) is 6. The number of allylic oxidation sites excluding steroid dienone is 17. The van der Waals surface area contributed by atoms with Gasteiger partial charge in [-0.15, -0.1) is 0 Å². The third-order valence-electron chi connectivity index (χ3n) is 13.1. The van der Waals surface area contributed by atoms with Crippen LogP contribution in [0.15, 0.2) is 109 Å². The second-order valence-electron chi connectivity index (χ2n) is 20.2. The molecule has 0 radical (unpaired) electrons. The van der Waals surface area contributed by atoms with Gasteiger partial charge < -0.3 is 14.2 Å². The fourth-order valence-corrected chi connectivity index (χ4v) is 8.51. The number of hydrogen-bond donors (Lipinski definition) is 0. The van der Waals surface area contributed by atoms with Gasteiger partial charge in [0.1, 0.15) is 13.2 Å². The molecule has 0 aromatic heterocycles. The van der Waals surface area contributed by atoms with E-state index < -0.39 is 12.1 Å². The minimum Gasteiger partial charge on any atom is -0.462 e. The number of esters is 3. The molecule has 0 spiro atoms. The molecule has 74 heavy (non-hydrogen) atoms. The fraction of sp³-hybridized carbons (Fsp3) is 0.691. The highest BCUT2D eigenvalue weighted by molar-refractivity contribution is 5.72. The smallest absolute Gasteiger partial charge is 0.310 e. The van der Waals surface area contributed by atoms with Crippen molar-refractivity contribution in [3.8, 4) is 0 Å². The maximum Gasteiger partial charge on any atom is 0.310 e. The zero-order valence-corrected chi connectivity index (χ0v) is 48.3. The monoisotopic (exact) mass is 1030 g/mol. The van der Waals surface area contributed by atoms with Gasteiger partial charge in [-0.3, -0.25) is 14.4 Å². The molecule has 0 aliphatic heterocycles. The van der Waals surface area contributed by atoms with Crippen molar-refractivity contribution in [2.45, 2.75) is 290 Å². The molecule has 0 saturated carbocycles. The van der Waals surface area contributed by atoms with E-state index in [2.05, 4.69) is 118 Å². The van der Waals surface area contributed by atoms with Gasteiger partial charge in [0.25, 0.3) is 0 Å². The summed E-state index contributed by atoms with van der Waals surface area (Å²) in [4.78, 5) is 38.2. The van der Waals surface area contributed by atoms with Crippen molar-refractivity contribution in [3.05, 3.63) is 109 Å². The Bertz CT molecular complexity index is 1510. The molecule has 0 saturated heterocycles. The maximum atomic E-state index is 12.8. The van der Waals surface area contributed by atoms with Crippen LogP contribution in [0.4, 0.5) is 0 Å². The Labute approximate surface area is 457 Å². The maximum absolute atomic E-state index is 12.8. The summed E-state index contributed by atoms with van der Waals surface area (Å²) in [6, 6.07) is 0. The third kappa shape index (κ3) is 59.0. The summed E-state index contributed by atoms with van der Waals surface area (Å²) in [5.74, 6) is -1.04. The van der Waals surface area contributed by atoms with E-state index in [1.165, 1.54) is 148 Å². The molecule has 1 atom stereocenters. The van der Waals surface area contributed by atoms with Crippen molar-refractivity contribution in [3.63, 3.8) is 0 Å². The van der Waals surface area contributed by atoms with Crippen LogP contribution in [-0.4, -0.2) is 37.2 Å². The van der Waals surface area contributed by atoms with Crippen LogP contribution in [0, 0.1) is 0 Å². The van der Waals surface area contributed by atoms with Gasteiger partial charge in [-0.1, -0.05) is 291 Å². The van der Waals surface area contributed by atoms with Crippen LogP contribution in [0.5, 0.6) is 0 Å². The highest BCUT2D eigenvalue weighted by atomic mass is 16.6. The first-order chi connectivity index (χ1) is 36.5. The molecule has 0 N–H and O–H groups in total. The molecule has 0 heterocycles. The highest BCUT2D eigenvalue weighted by Crippen LogP contribution is 2.16. The Morgan fingerprint density at radius 3 is 0.892 bits per heavy atom. The van der Waals surface area contributed by atoms with Crippen molar-refractivity contribution < 1.29 is 28.6 Å². The normalized spacial score (nSPS) is 12.9. The molecule has 0 amide bonds. The second kappa shape index (κ2) is 61.6. The van der Waals surface area contributed by atoms with Gasteiger partial charge >= 0.3 is 17.9 Å². The van der Waals surface area contributed by atoms with Crippen molar-refractivity contribution in [1.82, 2.24) is 0 Å². The Balaban J connectivity index is 4.33. The van der Waals surface area contributed by atoms with Gasteiger partial charge in [-0.2, -0.15) is 0 Å². The Kier molecular flexibility index (Phi) is 58.3. The van der Waals surface area contributed by atoms with E-state index >= 15 is 0 Å². The van der Waals surface area contributed by atoms with Crippen molar-refractivity contribution in [2.24, 2.45) is 0 Å². The third-order valence-corrected chi connectivity index (χ3v) is 13.1. The van der Waals surface area contributed by atoms with Crippen LogP contribution in [0.25, 0.3) is 0 Å². The molecular weight excluding hydrogens is 913 g/mol. The van der Waals surface area contributed by atoms with Gasteiger partial charge in [0.05, 0.1) is 6.42 Å². The number of carbonyl (C=O) groups excluding carboxylic acids is 3. The Morgan fingerprint density at radius 1 is 0.297 bits per heavy atom.